The predicted octanol–water partition coefficient (Wildman–Crippen LogP) is 4.68. The van der Waals surface area contributed by atoms with E-state index in [1.54, 1.807) is 0 Å². The number of hydrogen-bond acceptors (Lipinski definition) is 6. The Morgan fingerprint density at radius 1 is 0.857 bits per heavy atom. The van der Waals surface area contributed by atoms with Crippen LogP contribution in [-0.4, -0.2) is 15.6 Å². The Bertz CT molecular complexity index is 1050. The van der Waals surface area contributed by atoms with Crippen molar-refractivity contribution in [3.05, 3.63) is 110 Å². The molecular weight excluding hydrogens is 360 g/mol. The molecule has 1 N–H and O–H groups in total. The van der Waals surface area contributed by atoms with Gasteiger partial charge >= 0.3 is 5.69 Å². The number of hydrogen-bond donors (Lipinski definition) is 1. The number of nitro benzene ring substituents is 2. The first kappa shape index (κ1) is 18.7. The lowest BCUT2D eigenvalue weighted by atomic mass is 10.0. The second-order valence-corrected chi connectivity index (χ2v) is 6.02. The number of benzene rings is 3. The lowest BCUT2D eigenvalue weighted by molar-refractivity contribution is -0.393. The van der Waals surface area contributed by atoms with Crippen molar-refractivity contribution in [1.29, 1.82) is 0 Å². The van der Waals surface area contributed by atoms with Crippen LogP contribution in [0.25, 0.3) is 0 Å². The highest BCUT2D eigenvalue weighted by Gasteiger charge is 2.19. The molecule has 0 aliphatic carbocycles. The molecule has 3 rings (SSSR count). The van der Waals surface area contributed by atoms with Crippen LogP contribution in [0.5, 0.6) is 0 Å². The molecule has 0 fully saturated rings. The molecule has 0 saturated heterocycles. The van der Waals surface area contributed by atoms with Gasteiger partial charge in [-0.2, -0.15) is 5.10 Å². The number of non-ortho nitro benzene ring substituents is 1. The summed E-state index contributed by atoms with van der Waals surface area (Å²) >= 11 is 0. The first-order valence-electron chi connectivity index (χ1n) is 8.34. The average Bonchev–Trinajstić information content (AvgIpc) is 2.70. The van der Waals surface area contributed by atoms with E-state index in [1.165, 1.54) is 12.1 Å². The van der Waals surface area contributed by atoms with Crippen molar-refractivity contribution >= 4 is 22.8 Å². The Labute approximate surface area is 160 Å². The summed E-state index contributed by atoms with van der Waals surface area (Å²) < 4.78 is 0. The zero-order chi connectivity index (χ0) is 20.1. The number of nitrogens with one attached hydrogen (secondary N) is 1. The summed E-state index contributed by atoms with van der Waals surface area (Å²) in [6, 6.07) is 20.5. The first-order valence-corrected chi connectivity index (χ1v) is 8.34. The summed E-state index contributed by atoms with van der Waals surface area (Å²) in [4.78, 5) is 20.8. The fourth-order valence-corrected chi connectivity index (χ4v) is 2.60. The Morgan fingerprint density at radius 2 is 1.50 bits per heavy atom. The van der Waals surface area contributed by atoms with E-state index in [1.807, 2.05) is 61.5 Å². The molecule has 8 heteroatoms. The van der Waals surface area contributed by atoms with Crippen LogP contribution in [0.4, 0.5) is 17.1 Å². The normalized spacial score (nSPS) is 11.1. The molecule has 28 heavy (non-hydrogen) atoms. The van der Waals surface area contributed by atoms with Crippen LogP contribution >= 0.6 is 0 Å². The fourth-order valence-electron chi connectivity index (χ4n) is 2.60. The molecule has 3 aromatic carbocycles. The fraction of sp³-hybridized carbons (Fsp3) is 0.0500. The second kappa shape index (κ2) is 8.09. The molecular formula is C20H16N4O4. The summed E-state index contributed by atoms with van der Waals surface area (Å²) in [7, 11) is 0. The number of nitrogens with zero attached hydrogens (tertiary/aromatic N) is 3. The van der Waals surface area contributed by atoms with Crippen molar-refractivity contribution in [2.24, 2.45) is 5.10 Å². The van der Waals surface area contributed by atoms with Gasteiger partial charge in [-0.15, -0.1) is 0 Å². The van der Waals surface area contributed by atoms with E-state index in [-0.39, 0.29) is 11.4 Å². The molecule has 0 aromatic heterocycles. The van der Waals surface area contributed by atoms with Crippen molar-refractivity contribution < 1.29 is 9.85 Å². The summed E-state index contributed by atoms with van der Waals surface area (Å²) in [5.74, 6) is 0. The second-order valence-electron chi connectivity index (χ2n) is 6.02. The minimum absolute atomic E-state index is 0.0659. The van der Waals surface area contributed by atoms with E-state index < -0.39 is 15.5 Å². The molecule has 0 unspecified atom stereocenters. The lowest BCUT2D eigenvalue weighted by Gasteiger charge is -2.09. The van der Waals surface area contributed by atoms with E-state index in [2.05, 4.69) is 10.5 Å². The van der Waals surface area contributed by atoms with Crippen molar-refractivity contribution in [3.8, 4) is 0 Å². The van der Waals surface area contributed by atoms with E-state index in [0.717, 1.165) is 22.8 Å². The molecule has 8 nitrogen and oxygen atoms in total. The highest BCUT2D eigenvalue weighted by atomic mass is 16.6. The molecule has 0 atom stereocenters. The summed E-state index contributed by atoms with van der Waals surface area (Å²) in [6.07, 6.45) is 0. The molecule has 0 spiro atoms. The molecule has 0 radical (unpaired) electrons. The molecule has 140 valence electrons. The SMILES string of the molecule is Cc1ccc(C(=NNc2ccc([N+](=O)[O-])cc2[N+](=O)[O-])c2ccccc2)cc1. The number of rotatable bonds is 6. The average molecular weight is 376 g/mol. The summed E-state index contributed by atoms with van der Waals surface area (Å²) in [6.45, 7) is 1.97. The van der Waals surface area contributed by atoms with Gasteiger partial charge in [0.15, 0.2) is 0 Å². The van der Waals surface area contributed by atoms with Gasteiger partial charge in [0.2, 0.25) is 0 Å². The van der Waals surface area contributed by atoms with Gasteiger partial charge in [-0.05, 0) is 13.0 Å². The Kier molecular flexibility index (Phi) is 5.40. The number of nitro groups is 2. The standard InChI is InChI=1S/C20H16N4O4/c1-14-7-9-16(10-8-14)20(15-5-3-2-4-6-15)22-21-18-12-11-17(23(25)26)13-19(18)24(27)28/h2-13,21H,1H3. The minimum Gasteiger partial charge on any atom is -0.271 e. The van der Waals surface area contributed by atoms with E-state index in [9.17, 15) is 20.2 Å². The van der Waals surface area contributed by atoms with Crippen molar-refractivity contribution in [2.45, 2.75) is 6.92 Å². The summed E-state index contributed by atoms with van der Waals surface area (Å²) in [5.41, 5.74) is 5.32. The van der Waals surface area contributed by atoms with Gasteiger partial charge in [0.05, 0.1) is 21.6 Å². The van der Waals surface area contributed by atoms with Gasteiger partial charge in [0.1, 0.15) is 5.69 Å². The van der Waals surface area contributed by atoms with E-state index in [4.69, 9.17) is 0 Å². The van der Waals surface area contributed by atoms with Crippen LogP contribution in [0, 0.1) is 27.2 Å². The first-order chi connectivity index (χ1) is 13.5. The van der Waals surface area contributed by atoms with Gasteiger partial charge in [-0.25, -0.2) is 0 Å². The molecule has 0 aliphatic heterocycles. The van der Waals surface area contributed by atoms with Crippen LogP contribution in [0.3, 0.4) is 0 Å². The predicted molar refractivity (Wildman–Crippen MR) is 107 cm³/mol. The maximum atomic E-state index is 11.3. The molecule has 0 aliphatic rings. The number of anilines is 1. The van der Waals surface area contributed by atoms with Crippen LogP contribution in [0.15, 0.2) is 77.9 Å². The van der Waals surface area contributed by atoms with Gasteiger partial charge in [0, 0.05) is 17.2 Å². The van der Waals surface area contributed by atoms with Gasteiger partial charge in [-0.1, -0.05) is 60.2 Å². The quantitative estimate of drug-likeness (QED) is 0.381. The molecule has 0 amide bonds. The van der Waals surface area contributed by atoms with Crippen molar-refractivity contribution in [1.82, 2.24) is 0 Å². The summed E-state index contributed by atoms with van der Waals surface area (Å²) in [5, 5.41) is 26.6. The maximum Gasteiger partial charge on any atom is 0.301 e. The van der Waals surface area contributed by atoms with E-state index >= 15 is 0 Å². The number of hydrazone groups is 1. The third kappa shape index (κ3) is 4.18. The Balaban J connectivity index is 2.04. The van der Waals surface area contributed by atoms with Crippen molar-refractivity contribution in [2.75, 3.05) is 5.43 Å². The molecule has 0 bridgehead atoms. The van der Waals surface area contributed by atoms with Crippen LogP contribution in [-0.2, 0) is 0 Å². The molecule has 3 aromatic rings. The third-order valence-electron chi connectivity index (χ3n) is 4.05. The molecule has 0 heterocycles. The van der Waals surface area contributed by atoms with Gasteiger partial charge in [0.25, 0.3) is 5.69 Å². The molecule has 0 saturated carbocycles. The topological polar surface area (TPSA) is 111 Å². The highest BCUT2D eigenvalue weighted by molar-refractivity contribution is 6.13. The Hall–Kier alpha value is -4.07. The third-order valence-corrected chi connectivity index (χ3v) is 4.05. The van der Waals surface area contributed by atoms with Crippen LogP contribution in [0.1, 0.15) is 16.7 Å². The zero-order valence-electron chi connectivity index (χ0n) is 14.9. The Morgan fingerprint density at radius 3 is 2.11 bits per heavy atom. The monoisotopic (exact) mass is 376 g/mol. The van der Waals surface area contributed by atoms with Crippen LogP contribution < -0.4 is 5.43 Å². The van der Waals surface area contributed by atoms with Gasteiger partial charge < -0.3 is 0 Å². The van der Waals surface area contributed by atoms with Crippen molar-refractivity contribution in [3.63, 3.8) is 0 Å². The number of aryl methyl sites for hydroxylation is 1. The zero-order valence-corrected chi connectivity index (χ0v) is 14.9. The maximum absolute atomic E-state index is 11.3. The highest BCUT2D eigenvalue weighted by Crippen LogP contribution is 2.29. The largest absolute Gasteiger partial charge is 0.301 e. The van der Waals surface area contributed by atoms with E-state index in [0.29, 0.717) is 5.71 Å². The minimum atomic E-state index is -0.682. The smallest absolute Gasteiger partial charge is 0.271 e. The van der Waals surface area contributed by atoms with Gasteiger partial charge in [-0.3, -0.25) is 25.7 Å². The van der Waals surface area contributed by atoms with Crippen LogP contribution in [0.2, 0.25) is 0 Å². The lowest BCUT2D eigenvalue weighted by Crippen LogP contribution is -2.07.